The number of rotatable bonds is 9. The van der Waals surface area contributed by atoms with Crippen LogP contribution in [0.5, 0.6) is 5.75 Å². The third kappa shape index (κ3) is 5.93. The van der Waals surface area contributed by atoms with Gasteiger partial charge in [0.25, 0.3) is 5.91 Å². The van der Waals surface area contributed by atoms with Crippen molar-refractivity contribution in [2.45, 2.75) is 13.3 Å². The second kappa shape index (κ2) is 9.89. The number of nitrogens with one attached hydrogen (secondary N) is 2. The fraction of sp³-hybridized carbons (Fsp3) is 0.227. The monoisotopic (exact) mass is 411 g/mol. The number of fused-ring (bicyclic) bond motifs is 1. The molecule has 1 amide bonds. The molecule has 0 saturated carbocycles. The molecule has 0 aliphatic heterocycles. The number of amides is 1. The van der Waals surface area contributed by atoms with Crippen LogP contribution in [0.1, 0.15) is 23.7 Å². The first-order valence-electron chi connectivity index (χ1n) is 9.31. The van der Waals surface area contributed by atoms with Crippen LogP contribution in [0.15, 0.2) is 54.7 Å². The van der Waals surface area contributed by atoms with Crippen molar-refractivity contribution in [3.8, 4) is 5.75 Å². The van der Waals surface area contributed by atoms with Crippen molar-refractivity contribution >= 4 is 39.9 Å². The Labute approximate surface area is 174 Å². The van der Waals surface area contributed by atoms with Crippen molar-refractivity contribution < 1.29 is 14.3 Å². The van der Waals surface area contributed by atoms with E-state index >= 15 is 0 Å². The van der Waals surface area contributed by atoms with Gasteiger partial charge >= 0.3 is 0 Å². The van der Waals surface area contributed by atoms with E-state index in [4.69, 9.17) is 16.3 Å². The molecule has 7 heteroatoms. The molecule has 0 spiro atoms. The molecule has 150 valence electrons. The van der Waals surface area contributed by atoms with Crippen LogP contribution in [0.25, 0.3) is 10.9 Å². The number of anilines is 1. The van der Waals surface area contributed by atoms with Gasteiger partial charge in [0.05, 0.1) is 5.52 Å². The Morgan fingerprint density at radius 2 is 1.86 bits per heavy atom. The van der Waals surface area contributed by atoms with Gasteiger partial charge in [-0.15, -0.1) is 0 Å². The summed E-state index contributed by atoms with van der Waals surface area (Å²) >= 11 is 6.01. The van der Waals surface area contributed by atoms with Gasteiger partial charge in [0.2, 0.25) is 0 Å². The van der Waals surface area contributed by atoms with Crippen molar-refractivity contribution in [2.24, 2.45) is 0 Å². The molecular formula is C22H22ClN3O3. The van der Waals surface area contributed by atoms with E-state index in [1.54, 1.807) is 30.5 Å². The van der Waals surface area contributed by atoms with Crippen molar-refractivity contribution in [1.29, 1.82) is 0 Å². The number of ketones is 1. The molecule has 0 aliphatic carbocycles. The molecule has 0 aliphatic rings. The Balaban J connectivity index is 1.37. The lowest BCUT2D eigenvalue weighted by Crippen LogP contribution is -2.30. The summed E-state index contributed by atoms with van der Waals surface area (Å²) < 4.78 is 5.43. The van der Waals surface area contributed by atoms with Gasteiger partial charge in [-0.25, -0.2) is 0 Å². The number of ether oxygens (including phenoxy) is 1. The Kier molecular flexibility index (Phi) is 7.03. The van der Waals surface area contributed by atoms with E-state index in [2.05, 4.69) is 15.6 Å². The van der Waals surface area contributed by atoms with Crippen LogP contribution in [0.2, 0.25) is 5.02 Å². The first-order valence-corrected chi connectivity index (χ1v) is 9.69. The molecule has 0 radical (unpaired) electrons. The Morgan fingerprint density at radius 3 is 2.62 bits per heavy atom. The molecule has 3 rings (SSSR count). The van der Waals surface area contributed by atoms with Crippen LogP contribution in [0.3, 0.4) is 0 Å². The zero-order chi connectivity index (χ0) is 20.6. The largest absolute Gasteiger partial charge is 0.484 e. The zero-order valence-corrected chi connectivity index (χ0v) is 16.8. The first kappa shape index (κ1) is 20.6. The van der Waals surface area contributed by atoms with Crippen molar-refractivity contribution in [3.05, 3.63) is 65.3 Å². The van der Waals surface area contributed by atoms with Gasteiger partial charge < -0.3 is 15.4 Å². The number of carbonyl (C=O) groups is 2. The second-order valence-corrected chi connectivity index (χ2v) is 6.96. The lowest BCUT2D eigenvalue weighted by Gasteiger charge is -2.10. The molecule has 0 unspecified atom stereocenters. The number of Topliss-reactive ketones (excluding diaryl/α,β-unsaturated/α-hetero) is 1. The standard InChI is InChI=1S/C22H22ClN3O3/c1-15(27)16-3-6-18(7-4-16)29-14-22(28)26-11-2-10-24-20-9-12-25-21-13-17(23)5-8-19(20)21/h3-9,12-13H,2,10-11,14H2,1H3,(H,24,25)(H,26,28). The van der Waals surface area contributed by atoms with Gasteiger partial charge in [-0.2, -0.15) is 0 Å². The van der Waals surface area contributed by atoms with Crippen LogP contribution in [0, 0.1) is 0 Å². The van der Waals surface area contributed by atoms with Gasteiger partial charge in [0.15, 0.2) is 12.4 Å². The Bertz CT molecular complexity index is 1010. The number of aromatic nitrogens is 1. The Hall–Kier alpha value is -3.12. The molecule has 2 aromatic carbocycles. The molecule has 29 heavy (non-hydrogen) atoms. The minimum absolute atomic E-state index is 0.00790. The summed E-state index contributed by atoms with van der Waals surface area (Å²) in [6.45, 7) is 2.68. The number of benzene rings is 2. The van der Waals surface area contributed by atoms with Crippen molar-refractivity contribution in [2.75, 3.05) is 25.0 Å². The quantitative estimate of drug-likeness (QED) is 0.409. The predicted molar refractivity (Wildman–Crippen MR) is 115 cm³/mol. The lowest BCUT2D eigenvalue weighted by molar-refractivity contribution is -0.123. The number of hydrogen-bond acceptors (Lipinski definition) is 5. The second-order valence-electron chi connectivity index (χ2n) is 6.52. The fourth-order valence-electron chi connectivity index (χ4n) is 2.80. The molecule has 6 nitrogen and oxygen atoms in total. The van der Waals surface area contributed by atoms with E-state index in [1.807, 2.05) is 24.3 Å². The highest BCUT2D eigenvalue weighted by Gasteiger charge is 2.05. The molecule has 0 fully saturated rings. The van der Waals surface area contributed by atoms with E-state index in [1.165, 1.54) is 6.92 Å². The zero-order valence-electron chi connectivity index (χ0n) is 16.1. The molecule has 0 atom stereocenters. The summed E-state index contributed by atoms with van der Waals surface area (Å²) in [5, 5.41) is 7.84. The minimum Gasteiger partial charge on any atom is -0.484 e. The molecule has 3 aromatic rings. The van der Waals surface area contributed by atoms with Crippen molar-refractivity contribution in [3.63, 3.8) is 0 Å². The average Bonchev–Trinajstić information content (AvgIpc) is 2.72. The molecule has 0 saturated heterocycles. The number of carbonyl (C=O) groups excluding carboxylic acids is 2. The van der Waals surface area contributed by atoms with E-state index < -0.39 is 0 Å². The SMILES string of the molecule is CC(=O)c1ccc(OCC(=O)NCCCNc2ccnc3cc(Cl)ccc23)cc1. The topological polar surface area (TPSA) is 80.3 Å². The highest BCUT2D eigenvalue weighted by atomic mass is 35.5. The summed E-state index contributed by atoms with van der Waals surface area (Å²) in [6, 6.07) is 14.2. The fourth-order valence-corrected chi connectivity index (χ4v) is 2.97. The summed E-state index contributed by atoms with van der Waals surface area (Å²) in [5.41, 5.74) is 2.43. The first-order chi connectivity index (χ1) is 14.0. The van der Waals surface area contributed by atoms with Crippen LogP contribution in [-0.2, 0) is 4.79 Å². The molecule has 0 bridgehead atoms. The Morgan fingerprint density at radius 1 is 1.07 bits per heavy atom. The molecular weight excluding hydrogens is 390 g/mol. The van der Waals surface area contributed by atoms with Gasteiger partial charge in [-0.05, 0) is 61.9 Å². The summed E-state index contributed by atoms with van der Waals surface area (Å²) in [4.78, 5) is 27.5. The highest BCUT2D eigenvalue weighted by Crippen LogP contribution is 2.24. The van der Waals surface area contributed by atoms with Crippen LogP contribution in [0.4, 0.5) is 5.69 Å². The van der Waals surface area contributed by atoms with E-state index in [0.29, 0.717) is 29.4 Å². The normalized spacial score (nSPS) is 10.6. The van der Waals surface area contributed by atoms with Crippen molar-refractivity contribution in [1.82, 2.24) is 10.3 Å². The maximum absolute atomic E-state index is 11.9. The van der Waals surface area contributed by atoms with Crippen LogP contribution >= 0.6 is 11.6 Å². The van der Waals surface area contributed by atoms with Gasteiger partial charge in [-0.3, -0.25) is 14.6 Å². The average molecular weight is 412 g/mol. The van der Waals surface area contributed by atoms with E-state index in [9.17, 15) is 9.59 Å². The third-order valence-electron chi connectivity index (χ3n) is 4.33. The number of nitrogens with zero attached hydrogens (tertiary/aromatic N) is 1. The molecule has 1 heterocycles. The molecule has 2 N–H and O–H groups in total. The summed E-state index contributed by atoms with van der Waals surface area (Å²) in [7, 11) is 0. The maximum atomic E-state index is 11.9. The third-order valence-corrected chi connectivity index (χ3v) is 4.56. The minimum atomic E-state index is -0.190. The van der Waals surface area contributed by atoms with Gasteiger partial charge in [0.1, 0.15) is 5.75 Å². The maximum Gasteiger partial charge on any atom is 0.257 e. The summed E-state index contributed by atoms with van der Waals surface area (Å²) in [5.74, 6) is 0.354. The smallest absolute Gasteiger partial charge is 0.257 e. The van der Waals surface area contributed by atoms with E-state index in [0.717, 1.165) is 23.0 Å². The van der Waals surface area contributed by atoms with Crippen LogP contribution in [-0.4, -0.2) is 36.4 Å². The number of halogens is 1. The number of hydrogen-bond donors (Lipinski definition) is 2. The van der Waals surface area contributed by atoms with E-state index in [-0.39, 0.29) is 18.3 Å². The number of pyridine rings is 1. The lowest BCUT2D eigenvalue weighted by atomic mass is 10.1. The van der Waals surface area contributed by atoms with Crippen LogP contribution < -0.4 is 15.4 Å². The van der Waals surface area contributed by atoms with Gasteiger partial charge in [-0.1, -0.05) is 11.6 Å². The summed E-state index contributed by atoms with van der Waals surface area (Å²) in [6.07, 6.45) is 2.50. The molecule has 1 aromatic heterocycles. The predicted octanol–water partition coefficient (Wildman–Crippen LogP) is 4.09. The highest BCUT2D eigenvalue weighted by molar-refractivity contribution is 6.31. The van der Waals surface area contributed by atoms with Gasteiger partial charge in [0, 0.05) is 40.9 Å².